The Morgan fingerprint density at radius 3 is 2.79 bits per heavy atom. The number of amides is 1. The highest BCUT2D eigenvalue weighted by Crippen LogP contribution is 2.28. The van der Waals surface area contributed by atoms with E-state index in [2.05, 4.69) is 15.3 Å². The molecule has 0 radical (unpaired) electrons. The molecule has 14 heavy (non-hydrogen) atoms. The fourth-order valence-electron chi connectivity index (χ4n) is 1.28. The molecular weight excluding hydrogens is 178 g/mol. The van der Waals surface area contributed by atoms with E-state index in [-0.39, 0.29) is 5.91 Å². The minimum atomic E-state index is 0.196. The summed E-state index contributed by atoms with van der Waals surface area (Å²) in [6.45, 7) is 0.683. The van der Waals surface area contributed by atoms with Crippen LogP contribution in [-0.2, 0) is 11.2 Å². The summed E-state index contributed by atoms with van der Waals surface area (Å²) in [5.41, 5.74) is 1.06. The first-order valence-electron chi connectivity index (χ1n) is 4.88. The van der Waals surface area contributed by atoms with Gasteiger partial charge in [0.1, 0.15) is 6.33 Å². The van der Waals surface area contributed by atoms with Crippen molar-refractivity contribution in [3.8, 4) is 0 Å². The monoisotopic (exact) mass is 191 g/mol. The van der Waals surface area contributed by atoms with Gasteiger partial charge in [-0.25, -0.2) is 9.97 Å². The lowest BCUT2D eigenvalue weighted by Crippen LogP contribution is -2.26. The number of nitrogens with one attached hydrogen (secondary N) is 1. The second-order valence-corrected chi connectivity index (χ2v) is 3.56. The molecule has 1 aliphatic carbocycles. The molecule has 1 N–H and O–H groups in total. The topological polar surface area (TPSA) is 54.9 Å². The third-order valence-corrected chi connectivity index (χ3v) is 2.28. The van der Waals surface area contributed by atoms with Crippen molar-refractivity contribution in [2.45, 2.75) is 19.3 Å². The van der Waals surface area contributed by atoms with E-state index in [1.54, 1.807) is 12.4 Å². The Hall–Kier alpha value is -1.45. The van der Waals surface area contributed by atoms with Gasteiger partial charge in [0.25, 0.3) is 0 Å². The van der Waals surface area contributed by atoms with Crippen molar-refractivity contribution < 1.29 is 4.79 Å². The van der Waals surface area contributed by atoms with Crippen molar-refractivity contribution in [2.75, 3.05) is 6.54 Å². The van der Waals surface area contributed by atoms with Gasteiger partial charge in [0.05, 0.1) is 0 Å². The van der Waals surface area contributed by atoms with Crippen LogP contribution in [0.15, 0.2) is 18.7 Å². The zero-order chi connectivity index (χ0) is 9.80. The standard InChI is InChI=1S/C10H13N3O/c14-10(9-1-2-9)13-4-3-8-5-11-7-12-6-8/h5-7,9H,1-4H2,(H,13,14). The van der Waals surface area contributed by atoms with Crippen LogP contribution >= 0.6 is 0 Å². The zero-order valence-corrected chi connectivity index (χ0v) is 7.94. The zero-order valence-electron chi connectivity index (χ0n) is 7.94. The third-order valence-electron chi connectivity index (χ3n) is 2.28. The van der Waals surface area contributed by atoms with Gasteiger partial charge in [-0.1, -0.05) is 0 Å². The fourth-order valence-corrected chi connectivity index (χ4v) is 1.28. The first kappa shape index (κ1) is 9.12. The molecule has 1 amide bonds. The smallest absolute Gasteiger partial charge is 0.223 e. The SMILES string of the molecule is O=C(NCCc1cncnc1)C1CC1. The lowest BCUT2D eigenvalue weighted by atomic mass is 10.2. The summed E-state index contributed by atoms with van der Waals surface area (Å²) in [5.74, 6) is 0.490. The number of hydrogen-bond acceptors (Lipinski definition) is 3. The van der Waals surface area contributed by atoms with Crippen LogP contribution in [0.2, 0.25) is 0 Å². The van der Waals surface area contributed by atoms with Crippen molar-refractivity contribution in [2.24, 2.45) is 5.92 Å². The van der Waals surface area contributed by atoms with Crippen LogP contribution in [0, 0.1) is 5.92 Å². The summed E-state index contributed by atoms with van der Waals surface area (Å²) in [6, 6.07) is 0. The predicted octanol–water partition coefficient (Wildman–Crippen LogP) is 0.545. The second-order valence-electron chi connectivity index (χ2n) is 3.56. The molecule has 4 nitrogen and oxygen atoms in total. The van der Waals surface area contributed by atoms with Gasteiger partial charge < -0.3 is 5.32 Å². The van der Waals surface area contributed by atoms with Gasteiger partial charge in [-0.2, -0.15) is 0 Å². The summed E-state index contributed by atoms with van der Waals surface area (Å²) in [5, 5.41) is 2.90. The fraction of sp³-hybridized carbons (Fsp3) is 0.500. The van der Waals surface area contributed by atoms with Crippen molar-refractivity contribution >= 4 is 5.91 Å². The maximum atomic E-state index is 11.3. The van der Waals surface area contributed by atoms with Crippen molar-refractivity contribution in [3.05, 3.63) is 24.3 Å². The minimum absolute atomic E-state index is 0.196. The van der Waals surface area contributed by atoms with Crippen molar-refractivity contribution in [3.63, 3.8) is 0 Å². The summed E-state index contributed by atoms with van der Waals surface area (Å²) >= 11 is 0. The summed E-state index contributed by atoms with van der Waals surface area (Å²) in [6.07, 6.45) is 7.97. The van der Waals surface area contributed by atoms with E-state index >= 15 is 0 Å². The number of carbonyl (C=O) groups is 1. The van der Waals surface area contributed by atoms with E-state index in [4.69, 9.17) is 0 Å². The van der Waals surface area contributed by atoms with Gasteiger partial charge >= 0.3 is 0 Å². The number of rotatable bonds is 4. The summed E-state index contributed by atoms with van der Waals surface area (Å²) < 4.78 is 0. The van der Waals surface area contributed by atoms with Crippen LogP contribution in [0.5, 0.6) is 0 Å². The van der Waals surface area contributed by atoms with Crippen LogP contribution in [0.1, 0.15) is 18.4 Å². The largest absolute Gasteiger partial charge is 0.356 e. The Labute approximate surface area is 82.8 Å². The molecule has 0 unspecified atom stereocenters. The van der Waals surface area contributed by atoms with E-state index < -0.39 is 0 Å². The lowest BCUT2D eigenvalue weighted by Gasteiger charge is -2.02. The molecule has 74 valence electrons. The first-order chi connectivity index (χ1) is 6.86. The van der Waals surface area contributed by atoms with Gasteiger partial charge in [-0.15, -0.1) is 0 Å². The molecule has 0 spiro atoms. The van der Waals surface area contributed by atoms with Crippen LogP contribution in [0.3, 0.4) is 0 Å². The Morgan fingerprint density at radius 2 is 2.14 bits per heavy atom. The summed E-state index contributed by atoms with van der Waals surface area (Å²) in [4.78, 5) is 19.1. The van der Waals surface area contributed by atoms with Crippen LogP contribution in [-0.4, -0.2) is 22.4 Å². The quantitative estimate of drug-likeness (QED) is 0.756. The van der Waals surface area contributed by atoms with Crippen molar-refractivity contribution in [1.29, 1.82) is 0 Å². The van der Waals surface area contributed by atoms with Gasteiger partial charge in [0, 0.05) is 24.9 Å². The molecule has 4 heteroatoms. The predicted molar refractivity (Wildman–Crippen MR) is 51.5 cm³/mol. The molecule has 1 aromatic rings. The normalized spacial score (nSPS) is 15.1. The van der Waals surface area contributed by atoms with Crippen LogP contribution in [0.25, 0.3) is 0 Å². The number of carbonyl (C=O) groups excluding carboxylic acids is 1. The molecule has 1 heterocycles. The highest BCUT2D eigenvalue weighted by Gasteiger charge is 2.28. The molecule has 2 rings (SSSR count). The van der Waals surface area contributed by atoms with E-state index in [1.165, 1.54) is 6.33 Å². The second kappa shape index (κ2) is 4.17. The molecule has 0 aliphatic heterocycles. The van der Waals surface area contributed by atoms with Crippen molar-refractivity contribution in [1.82, 2.24) is 15.3 Å². The molecule has 0 aromatic carbocycles. The average molecular weight is 191 g/mol. The molecule has 1 fully saturated rings. The number of nitrogens with zero attached hydrogens (tertiary/aromatic N) is 2. The average Bonchev–Trinajstić information content (AvgIpc) is 3.02. The molecule has 1 saturated carbocycles. The highest BCUT2D eigenvalue weighted by molar-refractivity contribution is 5.80. The molecule has 1 aromatic heterocycles. The van der Waals surface area contributed by atoms with E-state index in [9.17, 15) is 4.79 Å². The highest BCUT2D eigenvalue weighted by atomic mass is 16.2. The molecule has 0 bridgehead atoms. The molecule has 0 saturated heterocycles. The lowest BCUT2D eigenvalue weighted by molar-refractivity contribution is -0.122. The van der Waals surface area contributed by atoms with Crippen LogP contribution in [0.4, 0.5) is 0 Å². The number of aromatic nitrogens is 2. The van der Waals surface area contributed by atoms with Gasteiger partial charge in [0.2, 0.25) is 5.91 Å². The Bertz CT molecular complexity index is 308. The van der Waals surface area contributed by atoms with Gasteiger partial charge in [-0.05, 0) is 24.8 Å². The van der Waals surface area contributed by atoms with E-state index in [0.29, 0.717) is 12.5 Å². The molecule has 0 atom stereocenters. The first-order valence-corrected chi connectivity index (χ1v) is 4.88. The number of hydrogen-bond donors (Lipinski definition) is 1. The van der Waals surface area contributed by atoms with E-state index in [0.717, 1.165) is 24.8 Å². The Kier molecular flexibility index (Phi) is 2.72. The Morgan fingerprint density at radius 1 is 1.43 bits per heavy atom. The van der Waals surface area contributed by atoms with Gasteiger partial charge in [-0.3, -0.25) is 4.79 Å². The third kappa shape index (κ3) is 2.52. The summed E-state index contributed by atoms with van der Waals surface area (Å²) in [7, 11) is 0. The van der Waals surface area contributed by atoms with Crippen LogP contribution < -0.4 is 5.32 Å². The van der Waals surface area contributed by atoms with E-state index in [1.807, 2.05) is 0 Å². The maximum absolute atomic E-state index is 11.3. The molecular formula is C10H13N3O. The van der Waals surface area contributed by atoms with Gasteiger partial charge in [0.15, 0.2) is 0 Å². The maximum Gasteiger partial charge on any atom is 0.223 e. The molecule has 1 aliphatic rings. The Balaban J connectivity index is 1.70. The minimum Gasteiger partial charge on any atom is -0.356 e.